The summed E-state index contributed by atoms with van der Waals surface area (Å²) in [4.78, 5) is 16.0. The number of benzene rings is 1. The average Bonchev–Trinajstić information content (AvgIpc) is 2.99. The van der Waals surface area contributed by atoms with Crippen LogP contribution in [0.15, 0.2) is 24.5 Å². The van der Waals surface area contributed by atoms with Crippen LogP contribution in [-0.4, -0.2) is 21.5 Å². The van der Waals surface area contributed by atoms with Gasteiger partial charge in [0, 0.05) is 29.5 Å². The fourth-order valence-electron chi connectivity index (χ4n) is 3.11. The van der Waals surface area contributed by atoms with Crippen LogP contribution in [-0.2, 0) is 24.2 Å². The first-order valence-electron chi connectivity index (χ1n) is 6.93. The molecule has 5 heteroatoms. The van der Waals surface area contributed by atoms with Crippen molar-refractivity contribution < 1.29 is 4.79 Å². The molecule has 0 radical (unpaired) electrons. The molecule has 1 unspecified atom stereocenters. The highest BCUT2D eigenvalue weighted by atomic mass is 16.1. The van der Waals surface area contributed by atoms with E-state index < -0.39 is 0 Å². The van der Waals surface area contributed by atoms with Gasteiger partial charge in [-0.15, -0.1) is 0 Å². The average molecular weight is 268 g/mol. The third-order valence-corrected chi connectivity index (χ3v) is 4.13. The third kappa shape index (κ3) is 1.74. The molecule has 20 heavy (non-hydrogen) atoms. The lowest BCUT2D eigenvalue weighted by atomic mass is 10.00. The van der Waals surface area contributed by atoms with Gasteiger partial charge in [0.1, 0.15) is 0 Å². The molecule has 3 heterocycles. The molecule has 0 fully saturated rings. The number of hydrogen-bond acceptors (Lipinski definition) is 3. The number of carbonyl (C=O) groups excluding carboxylic acids is 1. The molecule has 0 aliphatic carbocycles. The minimum atomic E-state index is 0.0648. The first-order valence-corrected chi connectivity index (χ1v) is 6.93. The van der Waals surface area contributed by atoms with Gasteiger partial charge in [0.25, 0.3) is 0 Å². The normalized spacial score (nSPS) is 20.4. The maximum absolute atomic E-state index is 11.4. The van der Waals surface area contributed by atoms with Gasteiger partial charge in [-0.05, 0) is 30.5 Å². The van der Waals surface area contributed by atoms with Crippen molar-refractivity contribution in [2.45, 2.75) is 31.8 Å². The fraction of sp³-hybridized carbons (Fsp3) is 0.333. The molecule has 2 aromatic rings. The lowest BCUT2D eigenvalue weighted by Gasteiger charge is -2.21. The zero-order chi connectivity index (χ0) is 13.7. The van der Waals surface area contributed by atoms with Gasteiger partial charge in [0.15, 0.2) is 0 Å². The van der Waals surface area contributed by atoms with Crippen molar-refractivity contribution in [1.29, 1.82) is 0 Å². The molecule has 102 valence electrons. The second kappa shape index (κ2) is 4.18. The molecule has 1 aromatic carbocycles. The highest BCUT2D eigenvalue weighted by Gasteiger charge is 2.22. The number of rotatable bonds is 1. The van der Waals surface area contributed by atoms with Gasteiger partial charge < -0.3 is 15.6 Å². The van der Waals surface area contributed by atoms with E-state index in [9.17, 15) is 4.79 Å². The highest BCUT2D eigenvalue weighted by molar-refractivity contribution is 5.99. The van der Waals surface area contributed by atoms with E-state index in [1.807, 2.05) is 18.5 Å². The van der Waals surface area contributed by atoms with Crippen LogP contribution in [0, 0.1) is 0 Å². The van der Waals surface area contributed by atoms with Crippen LogP contribution in [0.2, 0.25) is 0 Å². The number of aromatic nitrogens is 2. The van der Waals surface area contributed by atoms with E-state index in [1.165, 1.54) is 5.69 Å². The van der Waals surface area contributed by atoms with Crippen molar-refractivity contribution in [3.05, 3.63) is 35.8 Å². The van der Waals surface area contributed by atoms with Gasteiger partial charge >= 0.3 is 0 Å². The van der Waals surface area contributed by atoms with Gasteiger partial charge in [-0.3, -0.25) is 4.79 Å². The maximum Gasteiger partial charge on any atom is 0.228 e. The lowest BCUT2D eigenvalue weighted by molar-refractivity contribution is -0.115. The summed E-state index contributed by atoms with van der Waals surface area (Å²) >= 11 is 0. The number of anilines is 1. The molecular weight excluding hydrogens is 252 g/mol. The standard InChI is InChI=1S/C15H16N4O/c16-11-2-4-13-15(17-8-19(13)7-11)9-1-3-12-10(5-9)6-14(20)18-12/h1,3,5,8,11H,2,4,6-7,16H2,(H,18,20). The predicted octanol–water partition coefficient (Wildman–Crippen LogP) is 1.32. The highest BCUT2D eigenvalue weighted by Crippen LogP contribution is 2.31. The summed E-state index contributed by atoms with van der Waals surface area (Å²) in [6, 6.07) is 6.30. The third-order valence-electron chi connectivity index (χ3n) is 4.13. The molecule has 1 amide bonds. The van der Waals surface area contributed by atoms with E-state index in [0.717, 1.165) is 41.9 Å². The number of fused-ring (bicyclic) bond motifs is 2. The van der Waals surface area contributed by atoms with Crippen molar-refractivity contribution in [2.75, 3.05) is 5.32 Å². The molecule has 4 rings (SSSR count). The molecule has 5 nitrogen and oxygen atoms in total. The van der Waals surface area contributed by atoms with E-state index >= 15 is 0 Å². The Morgan fingerprint density at radius 2 is 2.30 bits per heavy atom. The number of hydrogen-bond donors (Lipinski definition) is 2. The van der Waals surface area contributed by atoms with E-state index in [2.05, 4.69) is 20.9 Å². The van der Waals surface area contributed by atoms with E-state index in [1.54, 1.807) is 0 Å². The largest absolute Gasteiger partial charge is 0.332 e. The maximum atomic E-state index is 11.4. The molecular formula is C15H16N4O. The molecule has 0 bridgehead atoms. The molecule has 0 saturated carbocycles. The number of nitrogens with one attached hydrogen (secondary N) is 1. The van der Waals surface area contributed by atoms with Crippen molar-refractivity contribution >= 4 is 11.6 Å². The van der Waals surface area contributed by atoms with Gasteiger partial charge in [0.05, 0.1) is 18.4 Å². The summed E-state index contributed by atoms with van der Waals surface area (Å²) in [5, 5.41) is 2.86. The Kier molecular flexibility index (Phi) is 2.44. The van der Waals surface area contributed by atoms with Crippen molar-refractivity contribution in [3.8, 4) is 11.3 Å². The Labute approximate surface area is 116 Å². The number of nitrogens with zero attached hydrogens (tertiary/aromatic N) is 2. The summed E-state index contributed by atoms with van der Waals surface area (Å²) in [5.41, 5.74) is 11.3. The summed E-state index contributed by atoms with van der Waals surface area (Å²) in [6.45, 7) is 0.841. The number of amides is 1. The summed E-state index contributed by atoms with van der Waals surface area (Å²) in [7, 11) is 0. The molecule has 1 atom stereocenters. The van der Waals surface area contributed by atoms with Crippen LogP contribution < -0.4 is 11.1 Å². The summed E-state index contributed by atoms with van der Waals surface area (Å²) < 4.78 is 2.15. The van der Waals surface area contributed by atoms with E-state index in [-0.39, 0.29) is 11.9 Å². The SMILES string of the molecule is NC1CCc2c(-c3ccc4c(c3)CC(=O)N4)ncn2C1. The Morgan fingerprint density at radius 1 is 1.40 bits per heavy atom. The lowest BCUT2D eigenvalue weighted by Crippen LogP contribution is -2.31. The van der Waals surface area contributed by atoms with Crippen molar-refractivity contribution in [3.63, 3.8) is 0 Å². The molecule has 0 spiro atoms. The Hall–Kier alpha value is -2.14. The first-order chi connectivity index (χ1) is 9.70. The quantitative estimate of drug-likeness (QED) is 0.819. The predicted molar refractivity (Wildman–Crippen MR) is 76.3 cm³/mol. The molecule has 0 saturated heterocycles. The Bertz CT molecular complexity index is 704. The van der Waals surface area contributed by atoms with Gasteiger partial charge in [0.2, 0.25) is 5.91 Å². The minimum Gasteiger partial charge on any atom is -0.332 e. The smallest absolute Gasteiger partial charge is 0.228 e. The van der Waals surface area contributed by atoms with Gasteiger partial charge in [-0.1, -0.05) is 6.07 Å². The first kappa shape index (κ1) is 11.7. The zero-order valence-corrected chi connectivity index (χ0v) is 11.1. The second-order valence-corrected chi connectivity index (χ2v) is 5.59. The minimum absolute atomic E-state index is 0.0648. The topological polar surface area (TPSA) is 72.9 Å². The van der Waals surface area contributed by atoms with Crippen LogP contribution in [0.1, 0.15) is 17.7 Å². The molecule has 2 aliphatic rings. The number of imidazole rings is 1. The Morgan fingerprint density at radius 3 is 3.20 bits per heavy atom. The van der Waals surface area contributed by atoms with Crippen LogP contribution in [0.25, 0.3) is 11.3 Å². The second-order valence-electron chi connectivity index (χ2n) is 5.59. The van der Waals surface area contributed by atoms with Crippen molar-refractivity contribution in [1.82, 2.24) is 9.55 Å². The Balaban J connectivity index is 1.76. The van der Waals surface area contributed by atoms with Crippen LogP contribution in [0.4, 0.5) is 5.69 Å². The van der Waals surface area contributed by atoms with E-state index in [4.69, 9.17) is 5.73 Å². The van der Waals surface area contributed by atoms with E-state index in [0.29, 0.717) is 6.42 Å². The van der Waals surface area contributed by atoms with Gasteiger partial charge in [-0.25, -0.2) is 4.98 Å². The van der Waals surface area contributed by atoms with Crippen LogP contribution >= 0.6 is 0 Å². The van der Waals surface area contributed by atoms with Gasteiger partial charge in [-0.2, -0.15) is 0 Å². The fourth-order valence-corrected chi connectivity index (χ4v) is 3.11. The van der Waals surface area contributed by atoms with Crippen molar-refractivity contribution in [2.24, 2.45) is 5.73 Å². The molecule has 2 aliphatic heterocycles. The molecule has 1 aromatic heterocycles. The van der Waals surface area contributed by atoms with Crippen LogP contribution in [0.3, 0.4) is 0 Å². The number of carbonyl (C=O) groups is 1. The summed E-state index contributed by atoms with van der Waals surface area (Å²) in [5.74, 6) is 0.0648. The molecule has 3 N–H and O–H groups in total. The van der Waals surface area contributed by atoms with Crippen LogP contribution in [0.5, 0.6) is 0 Å². The monoisotopic (exact) mass is 268 g/mol. The number of nitrogens with two attached hydrogens (primary N) is 1. The zero-order valence-electron chi connectivity index (χ0n) is 11.1. The summed E-state index contributed by atoms with van der Waals surface area (Å²) in [6.07, 6.45) is 4.30.